The van der Waals surface area contributed by atoms with Crippen LogP contribution in [0.5, 0.6) is 0 Å². The van der Waals surface area contributed by atoms with Crippen molar-refractivity contribution < 1.29 is 5.11 Å². The number of rotatable bonds is 3. The van der Waals surface area contributed by atoms with Gasteiger partial charge in [-0.1, -0.05) is 26.2 Å². The molecule has 60 valence electrons. The molecule has 0 saturated heterocycles. The summed E-state index contributed by atoms with van der Waals surface area (Å²) in [4.78, 5) is 0. The van der Waals surface area contributed by atoms with Gasteiger partial charge in [0.15, 0.2) is 0 Å². The summed E-state index contributed by atoms with van der Waals surface area (Å²) in [5, 5.41) is 9.20. The largest absolute Gasteiger partial charge is 0.393 e. The summed E-state index contributed by atoms with van der Waals surface area (Å²) in [5.41, 5.74) is 0. The van der Waals surface area contributed by atoms with Gasteiger partial charge in [0.25, 0.3) is 0 Å². The Morgan fingerprint density at radius 2 is 2.20 bits per heavy atom. The number of aliphatic hydroxyl groups excluding tert-OH is 1. The molecule has 0 aliphatic heterocycles. The van der Waals surface area contributed by atoms with E-state index < -0.39 is 0 Å². The van der Waals surface area contributed by atoms with Crippen LogP contribution in [0.1, 0.15) is 45.4 Å². The molecule has 1 aliphatic rings. The molecule has 1 saturated carbocycles. The lowest BCUT2D eigenvalue weighted by molar-refractivity contribution is 0.176. The molecular weight excluding hydrogens is 124 g/mol. The molecule has 0 radical (unpaired) electrons. The van der Waals surface area contributed by atoms with Gasteiger partial charge in [-0.05, 0) is 25.2 Å². The molecule has 0 heterocycles. The summed E-state index contributed by atoms with van der Waals surface area (Å²) in [7, 11) is 0. The molecule has 1 nitrogen and oxygen atoms in total. The van der Waals surface area contributed by atoms with Gasteiger partial charge in [-0.3, -0.25) is 0 Å². The zero-order chi connectivity index (χ0) is 7.40. The van der Waals surface area contributed by atoms with Crippen molar-refractivity contribution in [3.8, 4) is 0 Å². The van der Waals surface area contributed by atoms with E-state index in [0.717, 1.165) is 18.8 Å². The summed E-state index contributed by atoms with van der Waals surface area (Å²) >= 11 is 0. The molecule has 0 unspecified atom stereocenters. The van der Waals surface area contributed by atoms with Gasteiger partial charge >= 0.3 is 0 Å². The molecule has 1 fully saturated rings. The molecule has 0 spiro atoms. The van der Waals surface area contributed by atoms with E-state index in [4.69, 9.17) is 0 Å². The molecule has 2 atom stereocenters. The fourth-order valence-electron chi connectivity index (χ4n) is 1.80. The van der Waals surface area contributed by atoms with Gasteiger partial charge in [0.05, 0.1) is 6.10 Å². The molecule has 0 aromatic rings. The highest BCUT2D eigenvalue weighted by Gasteiger charge is 2.21. The molecule has 10 heavy (non-hydrogen) atoms. The minimum Gasteiger partial charge on any atom is -0.393 e. The Labute approximate surface area is 63.4 Å². The van der Waals surface area contributed by atoms with Crippen LogP contribution in [0.3, 0.4) is 0 Å². The fourth-order valence-corrected chi connectivity index (χ4v) is 1.80. The summed E-state index contributed by atoms with van der Waals surface area (Å²) in [5.74, 6) is 0.843. The normalized spacial score (nSPS) is 33.0. The Morgan fingerprint density at radius 1 is 1.40 bits per heavy atom. The van der Waals surface area contributed by atoms with E-state index in [2.05, 4.69) is 6.92 Å². The van der Waals surface area contributed by atoms with Crippen molar-refractivity contribution in [2.75, 3.05) is 0 Å². The van der Waals surface area contributed by atoms with E-state index in [1.165, 1.54) is 25.7 Å². The first-order chi connectivity index (χ1) is 4.83. The maximum Gasteiger partial charge on any atom is 0.0543 e. The third-order valence-corrected chi connectivity index (χ3v) is 2.48. The molecule has 1 aliphatic carbocycles. The van der Waals surface area contributed by atoms with E-state index in [0.29, 0.717) is 0 Å². The average Bonchev–Trinajstić information content (AvgIpc) is 2.31. The molecule has 0 bridgehead atoms. The van der Waals surface area contributed by atoms with Gasteiger partial charge in [0, 0.05) is 0 Å². The lowest BCUT2D eigenvalue weighted by atomic mass is 10.0. The fraction of sp³-hybridized carbons (Fsp3) is 1.00. The van der Waals surface area contributed by atoms with Crippen LogP contribution in [0.15, 0.2) is 0 Å². The van der Waals surface area contributed by atoms with Crippen LogP contribution in [0, 0.1) is 5.92 Å². The quantitative estimate of drug-likeness (QED) is 0.641. The molecular formula is C9H18O. The minimum absolute atomic E-state index is 0.0295. The molecule has 1 N–H and O–H groups in total. The van der Waals surface area contributed by atoms with E-state index in [1.807, 2.05) is 0 Å². The maximum absolute atomic E-state index is 9.20. The van der Waals surface area contributed by atoms with Gasteiger partial charge in [-0.15, -0.1) is 0 Å². The summed E-state index contributed by atoms with van der Waals surface area (Å²) in [6, 6.07) is 0. The van der Waals surface area contributed by atoms with Crippen LogP contribution in [-0.4, -0.2) is 11.2 Å². The van der Waals surface area contributed by atoms with Gasteiger partial charge in [-0.25, -0.2) is 0 Å². The third-order valence-electron chi connectivity index (χ3n) is 2.48. The lowest BCUT2D eigenvalue weighted by Gasteiger charge is -2.06. The monoisotopic (exact) mass is 142 g/mol. The highest BCUT2D eigenvalue weighted by molar-refractivity contribution is 4.74. The topological polar surface area (TPSA) is 20.2 Å². The zero-order valence-corrected chi connectivity index (χ0v) is 6.84. The van der Waals surface area contributed by atoms with Crippen LogP contribution in [0.4, 0.5) is 0 Å². The first-order valence-electron chi connectivity index (χ1n) is 4.51. The van der Waals surface area contributed by atoms with E-state index in [9.17, 15) is 5.11 Å². The highest BCUT2D eigenvalue weighted by Crippen LogP contribution is 2.29. The van der Waals surface area contributed by atoms with Crippen molar-refractivity contribution in [2.45, 2.75) is 51.6 Å². The Kier molecular flexibility index (Phi) is 3.20. The van der Waals surface area contributed by atoms with Crippen molar-refractivity contribution in [3.63, 3.8) is 0 Å². The SMILES string of the molecule is CCCC[C@@H]1CC[C@H](O)C1. The van der Waals surface area contributed by atoms with Gasteiger partial charge < -0.3 is 5.11 Å². The van der Waals surface area contributed by atoms with Crippen molar-refractivity contribution in [3.05, 3.63) is 0 Å². The number of hydrogen-bond donors (Lipinski definition) is 1. The van der Waals surface area contributed by atoms with E-state index in [1.54, 1.807) is 0 Å². The molecule has 0 aromatic carbocycles. The lowest BCUT2D eigenvalue weighted by Crippen LogP contribution is -1.99. The molecule has 1 heteroatoms. The second-order valence-electron chi connectivity index (χ2n) is 3.48. The van der Waals surface area contributed by atoms with Crippen molar-refractivity contribution in [1.82, 2.24) is 0 Å². The van der Waals surface area contributed by atoms with E-state index in [-0.39, 0.29) is 6.10 Å². The van der Waals surface area contributed by atoms with Crippen molar-refractivity contribution >= 4 is 0 Å². The van der Waals surface area contributed by atoms with Crippen LogP contribution in [0.2, 0.25) is 0 Å². The summed E-state index contributed by atoms with van der Waals surface area (Å²) in [6.07, 6.45) is 7.40. The summed E-state index contributed by atoms with van der Waals surface area (Å²) < 4.78 is 0. The molecule has 0 amide bonds. The standard InChI is InChI=1S/C9H18O/c1-2-3-4-8-5-6-9(10)7-8/h8-10H,2-7H2,1H3/t8-,9+/m1/s1. The zero-order valence-electron chi connectivity index (χ0n) is 6.84. The van der Waals surface area contributed by atoms with Crippen LogP contribution in [-0.2, 0) is 0 Å². The van der Waals surface area contributed by atoms with Gasteiger partial charge in [-0.2, -0.15) is 0 Å². The maximum atomic E-state index is 9.20. The molecule has 1 rings (SSSR count). The first kappa shape index (κ1) is 8.06. The minimum atomic E-state index is 0.0295. The second-order valence-corrected chi connectivity index (χ2v) is 3.48. The number of aliphatic hydroxyl groups is 1. The van der Waals surface area contributed by atoms with Gasteiger partial charge in [0.1, 0.15) is 0 Å². The van der Waals surface area contributed by atoms with Crippen LogP contribution in [0.25, 0.3) is 0 Å². The average molecular weight is 142 g/mol. The Hall–Kier alpha value is -0.0400. The highest BCUT2D eigenvalue weighted by atomic mass is 16.3. The Bertz CT molecular complexity index is 90.7. The third kappa shape index (κ3) is 2.30. The summed E-state index contributed by atoms with van der Waals surface area (Å²) in [6.45, 7) is 2.23. The van der Waals surface area contributed by atoms with Crippen LogP contribution >= 0.6 is 0 Å². The smallest absolute Gasteiger partial charge is 0.0543 e. The first-order valence-corrected chi connectivity index (χ1v) is 4.51. The van der Waals surface area contributed by atoms with E-state index >= 15 is 0 Å². The number of hydrogen-bond acceptors (Lipinski definition) is 1. The van der Waals surface area contributed by atoms with Crippen molar-refractivity contribution in [1.29, 1.82) is 0 Å². The van der Waals surface area contributed by atoms with Gasteiger partial charge in [0.2, 0.25) is 0 Å². The van der Waals surface area contributed by atoms with Crippen LogP contribution < -0.4 is 0 Å². The predicted molar refractivity (Wildman–Crippen MR) is 42.9 cm³/mol. The number of unbranched alkanes of at least 4 members (excludes halogenated alkanes) is 1. The molecule has 0 aromatic heterocycles. The second kappa shape index (κ2) is 3.97. The Balaban J connectivity index is 2.06. The predicted octanol–water partition coefficient (Wildman–Crippen LogP) is 2.34. The Morgan fingerprint density at radius 3 is 2.70 bits per heavy atom. The van der Waals surface area contributed by atoms with Crippen molar-refractivity contribution in [2.24, 2.45) is 5.92 Å².